The molecule has 1 aromatic rings. The molecule has 1 aliphatic rings. The highest BCUT2D eigenvalue weighted by Crippen LogP contribution is 2.39. The highest BCUT2D eigenvalue weighted by atomic mass is 16.6. The van der Waals surface area contributed by atoms with Gasteiger partial charge in [-0.25, -0.2) is 9.97 Å². The zero-order chi connectivity index (χ0) is 13.3. The normalized spacial score (nSPS) is 16.2. The molecular weight excluding hydrogens is 234 g/mol. The van der Waals surface area contributed by atoms with Gasteiger partial charge in [0.05, 0.1) is 4.92 Å². The van der Waals surface area contributed by atoms with Crippen LogP contribution in [0.4, 0.5) is 17.3 Å². The van der Waals surface area contributed by atoms with E-state index in [9.17, 15) is 10.1 Å². The molecular formula is C11H17N5O2. The second kappa shape index (κ2) is 4.75. The smallest absolute Gasteiger partial charge is 0.353 e. The van der Waals surface area contributed by atoms with Crippen molar-refractivity contribution in [2.45, 2.75) is 25.8 Å². The van der Waals surface area contributed by atoms with E-state index in [0.717, 1.165) is 0 Å². The molecule has 0 spiro atoms. The van der Waals surface area contributed by atoms with Crippen LogP contribution in [0.2, 0.25) is 0 Å². The third-order valence-corrected chi connectivity index (χ3v) is 3.47. The molecule has 1 aliphatic carbocycles. The Balaban J connectivity index is 2.39. The Bertz CT molecular complexity index is 461. The molecule has 7 nitrogen and oxygen atoms in total. The molecule has 1 atom stereocenters. The van der Waals surface area contributed by atoms with E-state index in [1.807, 2.05) is 11.9 Å². The first-order valence-corrected chi connectivity index (χ1v) is 5.96. The fourth-order valence-electron chi connectivity index (χ4n) is 2.07. The highest BCUT2D eigenvalue weighted by Gasteiger charge is 2.34. The number of aromatic nitrogens is 2. The molecule has 1 unspecified atom stereocenters. The van der Waals surface area contributed by atoms with Crippen molar-refractivity contribution in [3.8, 4) is 0 Å². The number of rotatable bonds is 5. The fraction of sp³-hybridized carbons (Fsp3) is 0.636. The van der Waals surface area contributed by atoms with Crippen molar-refractivity contribution in [2.75, 3.05) is 24.3 Å². The standard InChI is InChI=1S/C11H17N5O2/c1-7(8-4-5-8)15(3)11-9(16(17)18)10(12-2)13-6-14-11/h6-8H,4-5H2,1-3H3,(H,12,13,14). The first-order valence-electron chi connectivity index (χ1n) is 5.96. The highest BCUT2D eigenvalue weighted by molar-refractivity contribution is 5.70. The second-order valence-corrected chi connectivity index (χ2v) is 4.59. The van der Waals surface area contributed by atoms with Crippen LogP contribution < -0.4 is 10.2 Å². The summed E-state index contributed by atoms with van der Waals surface area (Å²) in [7, 11) is 3.46. The molecule has 1 heterocycles. The molecule has 0 aliphatic heterocycles. The number of nitro groups is 1. The van der Waals surface area contributed by atoms with Crippen LogP contribution in [0.15, 0.2) is 6.33 Å². The van der Waals surface area contributed by atoms with Crippen LogP contribution in [0, 0.1) is 16.0 Å². The Morgan fingerprint density at radius 3 is 2.72 bits per heavy atom. The number of hydrogen-bond acceptors (Lipinski definition) is 6. The minimum absolute atomic E-state index is 0.0602. The van der Waals surface area contributed by atoms with Crippen LogP contribution in [-0.4, -0.2) is 35.0 Å². The van der Waals surface area contributed by atoms with Gasteiger partial charge >= 0.3 is 5.69 Å². The summed E-state index contributed by atoms with van der Waals surface area (Å²) in [5, 5.41) is 13.9. The Morgan fingerprint density at radius 1 is 1.56 bits per heavy atom. The van der Waals surface area contributed by atoms with Crippen molar-refractivity contribution >= 4 is 17.3 Å². The third kappa shape index (κ3) is 2.20. The van der Waals surface area contributed by atoms with Crippen LogP contribution in [0.25, 0.3) is 0 Å². The van der Waals surface area contributed by atoms with Crippen molar-refractivity contribution in [3.05, 3.63) is 16.4 Å². The lowest BCUT2D eigenvalue weighted by molar-refractivity contribution is -0.383. The van der Waals surface area contributed by atoms with Gasteiger partial charge in [0.1, 0.15) is 6.33 Å². The maximum absolute atomic E-state index is 11.2. The average molecular weight is 251 g/mol. The molecule has 0 radical (unpaired) electrons. The number of nitrogens with one attached hydrogen (secondary N) is 1. The summed E-state index contributed by atoms with van der Waals surface area (Å²) in [6, 6.07) is 0.253. The molecule has 0 saturated heterocycles. The summed E-state index contributed by atoms with van der Waals surface area (Å²) in [6.45, 7) is 2.07. The number of nitrogens with zero attached hydrogens (tertiary/aromatic N) is 4. The van der Waals surface area contributed by atoms with Gasteiger partial charge in [0, 0.05) is 20.1 Å². The predicted octanol–water partition coefficient (Wildman–Crippen LogP) is 1.66. The van der Waals surface area contributed by atoms with Crippen LogP contribution in [0.1, 0.15) is 19.8 Å². The zero-order valence-electron chi connectivity index (χ0n) is 10.8. The zero-order valence-corrected chi connectivity index (χ0v) is 10.8. The van der Waals surface area contributed by atoms with E-state index in [0.29, 0.717) is 11.7 Å². The summed E-state index contributed by atoms with van der Waals surface area (Å²) in [5.74, 6) is 1.24. The Labute approximate surface area is 105 Å². The van der Waals surface area contributed by atoms with Crippen molar-refractivity contribution < 1.29 is 4.92 Å². The SMILES string of the molecule is CNc1ncnc(N(C)C(C)C2CC2)c1[N+](=O)[O-]. The molecule has 1 aromatic heterocycles. The monoisotopic (exact) mass is 251 g/mol. The summed E-state index contributed by atoms with van der Waals surface area (Å²) in [4.78, 5) is 20.6. The van der Waals surface area contributed by atoms with Gasteiger partial charge in [-0.1, -0.05) is 0 Å². The molecule has 1 fully saturated rings. The molecule has 0 bridgehead atoms. The third-order valence-electron chi connectivity index (χ3n) is 3.47. The minimum Gasteiger partial charge on any atom is -0.367 e. The van der Waals surface area contributed by atoms with Crippen molar-refractivity contribution in [1.82, 2.24) is 9.97 Å². The Kier molecular flexibility index (Phi) is 3.31. The van der Waals surface area contributed by atoms with Gasteiger partial charge in [0.25, 0.3) is 0 Å². The molecule has 98 valence electrons. The van der Waals surface area contributed by atoms with Gasteiger partial charge in [0.2, 0.25) is 11.6 Å². The second-order valence-electron chi connectivity index (χ2n) is 4.59. The van der Waals surface area contributed by atoms with Crippen molar-refractivity contribution in [2.24, 2.45) is 5.92 Å². The van der Waals surface area contributed by atoms with Crippen LogP contribution >= 0.6 is 0 Å². The van der Waals surface area contributed by atoms with Gasteiger partial charge in [-0.05, 0) is 25.7 Å². The van der Waals surface area contributed by atoms with Crippen molar-refractivity contribution in [1.29, 1.82) is 0 Å². The lowest BCUT2D eigenvalue weighted by Gasteiger charge is -2.25. The lowest BCUT2D eigenvalue weighted by atomic mass is 10.2. The van der Waals surface area contributed by atoms with Gasteiger partial charge in [-0.15, -0.1) is 0 Å². The van der Waals surface area contributed by atoms with Crippen LogP contribution in [0.5, 0.6) is 0 Å². The lowest BCUT2D eigenvalue weighted by Crippen LogP contribution is -2.32. The maximum Gasteiger partial charge on any atom is 0.353 e. The van der Waals surface area contributed by atoms with E-state index in [1.165, 1.54) is 19.2 Å². The molecule has 0 amide bonds. The topological polar surface area (TPSA) is 84.2 Å². The van der Waals surface area contributed by atoms with E-state index in [1.54, 1.807) is 7.05 Å². The average Bonchev–Trinajstić information content (AvgIpc) is 3.20. The summed E-state index contributed by atoms with van der Waals surface area (Å²) >= 11 is 0. The quantitative estimate of drug-likeness (QED) is 0.633. The summed E-state index contributed by atoms with van der Waals surface area (Å²) < 4.78 is 0. The fourth-order valence-corrected chi connectivity index (χ4v) is 2.07. The van der Waals surface area contributed by atoms with Crippen LogP contribution in [0.3, 0.4) is 0 Å². The predicted molar refractivity (Wildman–Crippen MR) is 68.8 cm³/mol. The largest absolute Gasteiger partial charge is 0.367 e. The number of hydrogen-bond donors (Lipinski definition) is 1. The molecule has 0 aromatic carbocycles. The van der Waals surface area contributed by atoms with E-state index in [2.05, 4.69) is 22.2 Å². The molecule has 7 heteroatoms. The maximum atomic E-state index is 11.2. The van der Waals surface area contributed by atoms with E-state index >= 15 is 0 Å². The Hall–Kier alpha value is -1.92. The molecule has 1 N–H and O–H groups in total. The van der Waals surface area contributed by atoms with Crippen LogP contribution in [-0.2, 0) is 0 Å². The Morgan fingerprint density at radius 2 is 2.22 bits per heavy atom. The first-order chi connectivity index (χ1) is 8.56. The van der Waals surface area contributed by atoms with Gasteiger partial charge in [0.15, 0.2) is 0 Å². The molecule has 18 heavy (non-hydrogen) atoms. The minimum atomic E-state index is -0.433. The van der Waals surface area contributed by atoms with Gasteiger partial charge < -0.3 is 10.2 Å². The molecule has 1 saturated carbocycles. The van der Waals surface area contributed by atoms with E-state index in [4.69, 9.17) is 0 Å². The van der Waals surface area contributed by atoms with E-state index < -0.39 is 4.92 Å². The first kappa shape index (κ1) is 12.5. The van der Waals surface area contributed by atoms with Crippen molar-refractivity contribution in [3.63, 3.8) is 0 Å². The van der Waals surface area contributed by atoms with Gasteiger partial charge in [-0.3, -0.25) is 10.1 Å². The van der Waals surface area contributed by atoms with E-state index in [-0.39, 0.29) is 17.5 Å². The number of anilines is 2. The summed E-state index contributed by atoms with van der Waals surface area (Å²) in [5.41, 5.74) is -0.0602. The van der Waals surface area contributed by atoms with Gasteiger partial charge in [-0.2, -0.15) is 0 Å². The molecule has 2 rings (SSSR count). The summed E-state index contributed by atoms with van der Waals surface area (Å²) in [6.07, 6.45) is 3.72.